The largest absolute Gasteiger partial charge is 0.207 e. The Kier molecular flexibility index (Phi) is 4.41. The Morgan fingerprint density at radius 1 is 1.22 bits per heavy atom. The summed E-state index contributed by atoms with van der Waals surface area (Å²) in [6.07, 6.45) is 0.604. The Balaban J connectivity index is 2.22. The van der Waals surface area contributed by atoms with Crippen LogP contribution in [-0.4, -0.2) is 0 Å². The predicted molar refractivity (Wildman–Crippen MR) is 78.0 cm³/mol. The van der Waals surface area contributed by atoms with E-state index in [9.17, 15) is 4.39 Å². The second-order valence-electron chi connectivity index (χ2n) is 4.32. The van der Waals surface area contributed by atoms with Crippen LogP contribution in [0.15, 0.2) is 42.5 Å². The van der Waals surface area contributed by atoms with Crippen molar-refractivity contribution in [2.45, 2.75) is 18.2 Å². The van der Waals surface area contributed by atoms with Crippen molar-refractivity contribution in [2.24, 2.45) is 0 Å². The number of alkyl halides is 1. The first-order valence-electron chi connectivity index (χ1n) is 5.71. The molecule has 0 radical (unpaired) electrons. The van der Waals surface area contributed by atoms with E-state index in [1.807, 2.05) is 25.1 Å². The molecular weight excluding hydrogens is 315 g/mol. The lowest BCUT2D eigenvalue weighted by molar-refractivity contribution is 0.608. The minimum atomic E-state index is -0.166. The molecule has 0 bridgehead atoms. The molecule has 1 atom stereocenters. The standard InChI is InChI=1S/C15H13BrClF/c1-10-6-12(8-13(17)7-10)14(16)9-11-4-2-3-5-15(11)18/h2-8,14H,9H2,1H3. The summed E-state index contributed by atoms with van der Waals surface area (Å²) < 4.78 is 13.6. The molecule has 0 spiro atoms. The zero-order valence-corrected chi connectivity index (χ0v) is 12.3. The van der Waals surface area contributed by atoms with E-state index in [0.717, 1.165) is 11.1 Å². The van der Waals surface area contributed by atoms with E-state index in [4.69, 9.17) is 11.6 Å². The zero-order chi connectivity index (χ0) is 13.1. The number of hydrogen-bond donors (Lipinski definition) is 0. The summed E-state index contributed by atoms with van der Waals surface area (Å²) >= 11 is 9.63. The molecule has 2 rings (SSSR count). The topological polar surface area (TPSA) is 0 Å². The van der Waals surface area contributed by atoms with Crippen LogP contribution < -0.4 is 0 Å². The second kappa shape index (κ2) is 5.85. The minimum Gasteiger partial charge on any atom is -0.207 e. The number of aryl methyl sites for hydroxylation is 1. The molecule has 3 heteroatoms. The highest BCUT2D eigenvalue weighted by molar-refractivity contribution is 9.09. The van der Waals surface area contributed by atoms with Gasteiger partial charge in [0.25, 0.3) is 0 Å². The molecule has 2 aromatic carbocycles. The molecule has 0 heterocycles. The van der Waals surface area contributed by atoms with E-state index in [0.29, 0.717) is 17.0 Å². The number of benzene rings is 2. The molecule has 0 nitrogen and oxygen atoms in total. The van der Waals surface area contributed by atoms with Crippen LogP contribution in [-0.2, 0) is 6.42 Å². The summed E-state index contributed by atoms with van der Waals surface area (Å²) in [5, 5.41) is 0.711. The molecule has 0 N–H and O–H groups in total. The van der Waals surface area contributed by atoms with Crippen molar-refractivity contribution in [3.63, 3.8) is 0 Å². The predicted octanol–water partition coefficient (Wildman–Crippen LogP) is 5.47. The molecule has 0 amide bonds. The van der Waals surface area contributed by atoms with Crippen LogP contribution in [0.4, 0.5) is 4.39 Å². The number of hydrogen-bond acceptors (Lipinski definition) is 0. The first kappa shape index (κ1) is 13.6. The van der Waals surface area contributed by atoms with Crippen molar-refractivity contribution < 1.29 is 4.39 Å². The summed E-state index contributed by atoms with van der Waals surface area (Å²) in [4.78, 5) is 0.0619. The van der Waals surface area contributed by atoms with Crippen molar-refractivity contribution in [1.29, 1.82) is 0 Å². The Morgan fingerprint density at radius 3 is 2.61 bits per heavy atom. The highest BCUT2D eigenvalue weighted by Gasteiger charge is 2.12. The molecule has 0 saturated heterocycles. The van der Waals surface area contributed by atoms with Crippen LogP contribution >= 0.6 is 27.5 Å². The summed E-state index contributed by atoms with van der Waals surface area (Å²) in [6.45, 7) is 2.00. The van der Waals surface area contributed by atoms with Gasteiger partial charge in [0.1, 0.15) is 5.82 Å². The Labute approximate surface area is 120 Å². The van der Waals surface area contributed by atoms with Crippen molar-refractivity contribution >= 4 is 27.5 Å². The first-order chi connectivity index (χ1) is 8.56. The van der Waals surface area contributed by atoms with Gasteiger partial charge in [-0.05, 0) is 48.2 Å². The monoisotopic (exact) mass is 326 g/mol. The van der Waals surface area contributed by atoms with Crippen molar-refractivity contribution in [2.75, 3.05) is 0 Å². The van der Waals surface area contributed by atoms with Crippen LogP contribution in [0.1, 0.15) is 21.5 Å². The maximum absolute atomic E-state index is 13.6. The highest BCUT2D eigenvalue weighted by atomic mass is 79.9. The summed E-state index contributed by atoms with van der Waals surface area (Å²) in [5.41, 5.74) is 2.88. The quantitative estimate of drug-likeness (QED) is 0.656. The smallest absolute Gasteiger partial charge is 0.126 e. The van der Waals surface area contributed by atoms with Crippen LogP contribution in [0.3, 0.4) is 0 Å². The van der Waals surface area contributed by atoms with E-state index in [1.165, 1.54) is 6.07 Å². The van der Waals surface area contributed by atoms with E-state index in [1.54, 1.807) is 12.1 Å². The van der Waals surface area contributed by atoms with Crippen LogP contribution in [0.2, 0.25) is 5.02 Å². The number of rotatable bonds is 3. The van der Waals surface area contributed by atoms with E-state index in [2.05, 4.69) is 22.0 Å². The van der Waals surface area contributed by atoms with Crippen molar-refractivity contribution in [1.82, 2.24) is 0 Å². The lowest BCUT2D eigenvalue weighted by atomic mass is 10.0. The van der Waals surface area contributed by atoms with Gasteiger partial charge in [-0.2, -0.15) is 0 Å². The molecule has 0 aliphatic rings. The van der Waals surface area contributed by atoms with Gasteiger partial charge in [-0.3, -0.25) is 0 Å². The summed E-state index contributed by atoms with van der Waals surface area (Å²) in [7, 11) is 0. The fraction of sp³-hybridized carbons (Fsp3) is 0.200. The second-order valence-corrected chi connectivity index (χ2v) is 5.87. The zero-order valence-electron chi connectivity index (χ0n) is 9.96. The Bertz CT molecular complexity index is 534. The van der Waals surface area contributed by atoms with Gasteiger partial charge < -0.3 is 0 Å². The van der Waals surface area contributed by atoms with E-state index >= 15 is 0 Å². The molecule has 0 fully saturated rings. The number of halogens is 3. The van der Waals surface area contributed by atoms with Crippen LogP contribution in [0.5, 0.6) is 0 Å². The molecule has 18 heavy (non-hydrogen) atoms. The average Bonchev–Trinajstić information content (AvgIpc) is 2.31. The normalized spacial score (nSPS) is 12.4. The molecule has 0 aliphatic carbocycles. The third-order valence-electron chi connectivity index (χ3n) is 2.78. The third kappa shape index (κ3) is 3.33. The SMILES string of the molecule is Cc1cc(Cl)cc(C(Br)Cc2ccccc2F)c1. The van der Waals surface area contributed by atoms with Crippen molar-refractivity contribution in [3.8, 4) is 0 Å². The molecule has 94 valence electrons. The van der Waals surface area contributed by atoms with Gasteiger partial charge in [-0.1, -0.05) is 51.8 Å². The van der Waals surface area contributed by atoms with Gasteiger partial charge in [0.2, 0.25) is 0 Å². The Hall–Kier alpha value is -0.860. The van der Waals surface area contributed by atoms with Gasteiger partial charge in [-0.15, -0.1) is 0 Å². The van der Waals surface area contributed by atoms with E-state index in [-0.39, 0.29) is 10.6 Å². The van der Waals surface area contributed by atoms with Crippen LogP contribution in [0, 0.1) is 12.7 Å². The average molecular weight is 328 g/mol. The molecule has 0 saturated carbocycles. The molecular formula is C15H13BrClF. The van der Waals surface area contributed by atoms with Gasteiger partial charge in [0.05, 0.1) is 0 Å². The summed E-state index contributed by atoms with van der Waals surface area (Å²) in [5.74, 6) is -0.166. The van der Waals surface area contributed by atoms with Gasteiger partial charge in [-0.25, -0.2) is 4.39 Å². The molecule has 1 unspecified atom stereocenters. The third-order valence-corrected chi connectivity index (χ3v) is 3.85. The van der Waals surface area contributed by atoms with Gasteiger partial charge >= 0.3 is 0 Å². The molecule has 0 aliphatic heterocycles. The minimum absolute atomic E-state index is 0.0619. The molecule has 0 aromatic heterocycles. The fourth-order valence-electron chi connectivity index (χ4n) is 1.92. The maximum Gasteiger partial charge on any atom is 0.126 e. The fourth-order valence-corrected chi connectivity index (χ4v) is 2.83. The van der Waals surface area contributed by atoms with Gasteiger partial charge in [0.15, 0.2) is 0 Å². The molecule has 2 aromatic rings. The van der Waals surface area contributed by atoms with Crippen LogP contribution in [0.25, 0.3) is 0 Å². The Morgan fingerprint density at radius 2 is 1.94 bits per heavy atom. The lowest BCUT2D eigenvalue weighted by Crippen LogP contribution is -1.98. The van der Waals surface area contributed by atoms with E-state index < -0.39 is 0 Å². The summed E-state index contributed by atoms with van der Waals surface area (Å²) in [6, 6.07) is 12.7. The highest BCUT2D eigenvalue weighted by Crippen LogP contribution is 2.30. The maximum atomic E-state index is 13.6. The lowest BCUT2D eigenvalue weighted by Gasteiger charge is -2.12. The van der Waals surface area contributed by atoms with Gasteiger partial charge in [0, 0.05) is 9.85 Å². The first-order valence-corrected chi connectivity index (χ1v) is 7.00. The van der Waals surface area contributed by atoms with Crippen molar-refractivity contribution in [3.05, 3.63) is 70.0 Å².